The molecule has 1 aliphatic heterocycles. The fraction of sp³-hybridized carbons (Fsp3) is 0.821. The van der Waals surface area contributed by atoms with Crippen molar-refractivity contribution in [1.29, 1.82) is 0 Å². The van der Waals surface area contributed by atoms with Gasteiger partial charge in [0, 0.05) is 13.1 Å². The third kappa shape index (κ3) is 8.54. The van der Waals surface area contributed by atoms with Gasteiger partial charge in [0.25, 0.3) is 5.91 Å². The Morgan fingerprint density at radius 2 is 1.50 bits per heavy atom. The van der Waals surface area contributed by atoms with Gasteiger partial charge in [-0.05, 0) is 74.0 Å². The van der Waals surface area contributed by atoms with E-state index < -0.39 is 57.1 Å². The van der Waals surface area contributed by atoms with Crippen LogP contribution in [0.5, 0.6) is 0 Å². The Balaban J connectivity index is 1.20. The van der Waals surface area contributed by atoms with Gasteiger partial charge in [0.05, 0.1) is 22.6 Å². The minimum absolute atomic E-state index is 0.0840. The molecule has 6 fully saturated rings. The zero-order valence-corrected chi connectivity index (χ0v) is 32.1. The van der Waals surface area contributed by atoms with Gasteiger partial charge in [0.15, 0.2) is 9.84 Å². The average molecular weight is 744 g/mol. The fourth-order valence-electron chi connectivity index (χ4n) is 10.1. The summed E-state index contributed by atoms with van der Waals surface area (Å²) >= 11 is 0. The standard InChI is InChI=1S/C39H61N5O7S/c1-4-21-40-35(47)33(45)29(22-25-17-18-25)41-34(46)32-30-28(38(30,2)3)23-44(32)36(48)31(26-13-7-5-8-14-26)42-37(49)43-39(19-11-6-12-20-39)24-52(50,51)27-15-9-10-16-27/h4,25-32H,1,5-24H2,2-3H3,(H,40,47)(H,41,46)(H2,42,43,49)/t28-,29-,30-,31-,32-/m0/s1. The molecular formula is C39H61N5O7S. The summed E-state index contributed by atoms with van der Waals surface area (Å²) < 4.78 is 27.1. The first kappa shape index (κ1) is 38.8. The molecule has 0 aromatic heterocycles. The topological polar surface area (TPSA) is 171 Å². The Morgan fingerprint density at radius 1 is 0.865 bits per heavy atom. The van der Waals surface area contributed by atoms with Crippen molar-refractivity contribution in [2.24, 2.45) is 29.1 Å². The Labute approximate surface area is 309 Å². The van der Waals surface area contributed by atoms with Crippen LogP contribution in [-0.2, 0) is 29.0 Å². The van der Waals surface area contributed by atoms with E-state index in [0.717, 1.165) is 77.0 Å². The fourth-order valence-corrected chi connectivity index (χ4v) is 12.5. The van der Waals surface area contributed by atoms with E-state index >= 15 is 0 Å². The van der Waals surface area contributed by atoms with Crippen molar-refractivity contribution < 1.29 is 32.4 Å². The zero-order chi connectivity index (χ0) is 37.3. The lowest BCUT2D eigenvalue weighted by molar-refractivity contribution is -0.144. The second kappa shape index (κ2) is 15.8. The number of hydrogen-bond donors (Lipinski definition) is 4. The minimum atomic E-state index is -3.42. The van der Waals surface area contributed by atoms with Gasteiger partial charge in [-0.2, -0.15) is 0 Å². The average Bonchev–Trinajstić information content (AvgIpc) is 3.80. The molecule has 4 N–H and O–H groups in total. The van der Waals surface area contributed by atoms with Crippen LogP contribution >= 0.6 is 0 Å². The van der Waals surface area contributed by atoms with Gasteiger partial charge >= 0.3 is 6.03 Å². The van der Waals surface area contributed by atoms with E-state index in [-0.39, 0.29) is 52.5 Å². The summed E-state index contributed by atoms with van der Waals surface area (Å²) in [4.78, 5) is 70.5. The van der Waals surface area contributed by atoms with Gasteiger partial charge in [0.2, 0.25) is 17.6 Å². The van der Waals surface area contributed by atoms with Crippen LogP contribution in [0.3, 0.4) is 0 Å². The van der Waals surface area contributed by atoms with Crippen LogP contribution in [0.4, 0.5) is 4.79 Å². The van der Waals surface area contributed by atoms with Crippen LogP contribution in [0.25, 0.3) is 0 Å². The van der Waals surface area contributed by atoms with E-state index in [2.05, 4.69) is 41.7 Å². The van der Waals surface area contributed by atoms with Crippen LogP contribution < -0.4 is 21.3 Å². The smallest absolute Gasteiger partial charge is 0.315 e. The quantitative estimate of drug-likeness (QED) is 0.146. The molecule has 0 radical (unpaired) electrons. The molecule has 1 heterocycles. The highest BCUT2D eigenvalue weighted by atomic mass is 32.2. The van der Waals surface area contributed by atoms with E-state index in [1.165, 1.54) is 6.08 Å². The Kier molecular flexibility index (Phi) is 11.8. The summed E-state index contributed by atoms with van der Waals surface area (Å²) in [7, 11) is -3.42. The molecule has 0 aromatic carbocycles. The highest BCUT2D eigenvalue weighted by Crippen LogP contribution is 2.65. The first-order valence-electron chi connectivity index (χ1n) is 20.1. The summed E-state index contributed by atoms with van der Waals surface area (Å²) in [5, 5.41) is 11.2. The molecule has 5 saturated carbocycles. The Hall–Kier alpha value is -2.96. The summed E-state index contributed by atoms with van der Waals surface area (Å²) in [6, 6.07) is -3.24. The highest BCUT2D eigenvalue weighted by molar-refractivity contribution is 7.92. The van der Waals surface area contributed by atoms with Gasteiger partial charge in [-0.15, -0.1) is 6.58 Å². The number of carbonyl (C=O) groups is 5. The minimum Gasteiger partial charge on any atom is -0.346 e. The Bertz CT molecular complexity index is 1490. The Morgan fingerprint density at radius 3 is 2.13 bits per heavy atom. The number of ketones is 1. The zero-order valence-electron chi connectivity index (χ0n) is 31.3. The number of likely N-dealkylation sites (tertiary alicyclic amines) is 1. The number of nitrogens with zero attached hydrogens (tertiary/aromatic N) is 1. The normalized spacial score (nSPS) is 28.2. The summed E-state index contributed by atoms with van der Waals surface area (Å²) in [5.41, 5.74) is -1.06. The molecule has 6 rings (SSSR count). The first-order valence-corrected chi connectivity index (χ1v) is 21.8. The van der Waals surface area contributed by atoms with Gasteiger partial charge in [-0.25, -0.2) is 13.2 Å². The van der Waals surface area contributed by atoms with Crippen molar-refractivity contribution in [2.45, 2.75) is 152 Å². The van der Waals surface area contributed by atoms with E-state index in [0.29, 0.717) is 38.6 Å². The third-order valence-electron chi connectivity index (χ3n) is 13.4. The van der Waals surface area contributed by atoms with Crippen LogP contribution in [0.1, 0.15) is 123 Å². The number of sulfone groups is 1. The van der Waals surface area contributed by atoms with Gasteiger partial charge in [-0.3, -0.25) is 19.2 Å². The monoisotopic (exact) mass is 743 g/mol. The second-order valence-electron chi connectivity index (χ2n) is 17.5. The van der Waals surface area contributed by atoms with Crippen molar-refractivity contribution in [3.63, 3.8) is 0 Å². The van der Waals surface area contributed by atoms with Crippen molar-refractivity contribution in [3.05, 3.63) is 12.7 Å². The molecule has 0 spiro atoms. The number of urea groups is 1. The van der Waals surface area contributed by atoms with Crippen molar-refractivity contribution >= 4 is 39.4 Å². The van der Waals surface area contributed by atoms with E-state index in [1.807, 2.05) is 0 Å². The molecule has 12 nitrogen and oxygen atoms in total. The molecule has 13 heteroatoms. The molecule has 0 aromatic rings. The van der Waals surface area contributed by atoms with Gasteiger partial charge in [-0.1, -0.05) is 84.1 Å². The molecule has 5 amide bonds. The van der Waals surface area contributed by atoms with Crippen molar-refractivity contribution in [3.8, 4) is 0 Å². The molecule has 5 atom stereocenters. The lowest BCUT2D eigenvalue weighted by atomic mass is 9.82. The van der Waals surface area contributed by atoms with Gasteiger partial charge < -0.3 is 26.2 Å². The number of carbonyl (C=O) groups excluding carboxylic acids is 5. The van der Waals surface area contributed by atoms with E-state index in [9.17, 15) is 32.4 Å². The molecule has 6 aliphatic rings. The lowest BCUT2D eigenvalue weighted by Gasteiger charge is -2.40. The second-order valence-corrected chi connectivity index (χ2v) is 19.8. The molecule has 0 bridgehead atoms. The number of hydrogen-bond acceptors (Lipinski definition) is 7. The van der Waals surface area contributed by atoms with Crippen LogP contribution in [-0.4, -0.2) is 90.6 Å². The summed E-state index contributed by atoms with van der Waals surface area (Å²) in [6.45, 7) is 8.27. The number of amides is 5. The predicted molar refractivity (Wildman–Crippen MR) is 198 cm³/mol. The molecule has 5 aliphatic carbocycles. The number of fused-ring (bicyclic) bond motifs is 1. The first-order chi connectivity index (χ1) is 24.8. The number of piperidine rings is 1. The molecular weight excluding hydrogens is 683 g/mol. The van der Waals surface area contributed by atoms with Crippen LogP contribution in [0.15, 0.2) is 12.7 Å². The third-order valence-corrected chi connectivity index (χ3v) is 15.9. The van der Waals surface area contributed by atoms with Crippen LogP contribution in [0, 0.1) is 29.1 Å². The molecule has 0 unspecified atom stereocenters. The maximum Gasteiger partial charge on any atom is 0.315 e. The maximum absolute atomic E-state index is 14.7. The van der Waals surface area contributed by atoms with Gasteiger partial charge in [0.1, 0.15) is 12.1 Å². The van der Waals surface area contributed by atoms with Crippen molar-refractivity contribution in [2.75, 3.05) is 18.8 Å². The van der Waals surface area contributed by atoms with E-state index in [1.54, 1.807) is 4.90 Å². The number of Topliss-reactive ketones (excluding diaryl/α,β-unsaturated/α-hetero) is 1. The number of rotatable bonds is 15. The van der Waals surface area contributed by atoms with Crippen LogP contribution in [0.2, 0.25) is 0 Å². The molecule has 1 saturated heterocycles. The molecule has 52 heavy (non-hydrogen) atoms. The van der Waals surface area contributed by atoms with E-state index in [4.69, 9.17) is 0 Å². The lowest BCUT2D eigenvalue weighted by Crippen LogP contribution is -2.63. The number of nitrogens with one attached hydrogen (secondary N) is 4. The maximum atomic E-state index is 14.7. The summed E-state index contributed by atoms with van der Waals surface area (Å²) in [6.07, 6.45) is 15.1. The SMILES string of the molecule is C=CCNC(=O)C(=O)[C@H](CC1CC1)NC(=O)[C@@H]1[C@@H]2[C@H](CN1C(=O)[C@@H](NC(=O)NC1(CS(=O)(=O)C3CCCC3)CCCCC1)C1CCCCC1)C2(C)C. The predicted octanol–water partition coefficient (Wildman–Crippen LogP) is 3.93. The molecule has 290 valence electrons. The summed E-state index contributed by atoms with van der Waals surface area (Å²) in [5.74, 6) is -2.19. The van der Waals surface area contributed by atoms with Crippen molar-refractivity contribution in [1.82, 2.24) is 26.2 Å². The largest absolute Gasteiger partial charge is 0.346 e. The highest BCUT2D eigenvalue weighted by Gasteiger charge is 2.70.